The van der Waals surface area contributed by atoms with Crippen molar-refractivity contribution < 1.29 is 18.0 Å². The zero-order valence-corrected chi connectivity index (χ0v) is 22.6. The first kappa shape index (κ1) is 27.8. The van der Waals surface area contributed by atoms with Crippen molar-refractivity contribution in [1.29, 1.82) is 16.1 Å². The fourth-order valence-corrected chi connectivity index (χ4v) is 6.10. The van der Waals surface area contributed by atoms with Crippen LogP contribution in [0, 0.1) is 34.0 Å². The Morgan fingerprint density at radius 3 is 2.62 bits per heavy atom. The quantitative estimate of drug-likeness (QED) is 0.275. The second kappa shape index (κ2) is 10.4. The molecule has 1 atom stereocenters. The molecule has 210 valence electrons. The van der Waals surface area contributed by atoms with Crippen molar-refractivity contribution in [3.8, 4) is 6.07 Å². The van der Waals surface area contributed by atoms with Crippen molar-refractivity contribution in [2.24, 2.45) is 11.8 Å². The van der Waals surface area contributed by atoms with E-state index in [-0.39, 0.29) is 47.4 Å². The van der Waals surface area contributed by atoms with Crippen molar-refractivity contribution in [2.45, 2.75) is 69.8 Å². The maximum atomic E-state index is 14.2. The van der Waals surface area contributed by atoms with Gasteiger partial charge in [0.2, 0.25) is 0 Å². The van der Waals surface area contributed by atoms with Crippen LogP contribution in [0.25, 0.3) is 0 Å². The SMILES string of the molecule is CN(C=N)C(=N)C(c1cccc(N2Cc3c(cc(CNC4(C)CCC4)cc3C(F)(F)F)C2=O)c1)C1CC(C#N)C1. The Hall–Kier alpha value is -3.71. The van der Waals surface area contributed by atoms with Gasteiger partial charge in [-0.05, 0) is 85.9 Å². The molecule has 0 radical (unpaired) electrons. The van der Waals surface area contributed by atoms with E-state index in [1.54, 1.807) is 31.3 Å². The Balaban J connectivity index is 1.46. The minimum atomic E-state index is -4.60. The van der Waals surface area contributed by atoms with E-state index in [4.69, 9.17) is 10.8 Å². The average Bonchev–Trinajstić information content (AvgIpc) is 3.22. The summed E-state index contributed by atoms with van der Waals surface area (Å²) >= 11 is 0. The summed E-state index contributed by atoms with van der Waals surface area (Å²) in [5, 5.41) is 28.9. The van der Waals surface area contributed by atoms with Crippen molar-refractivity contribution >= 4 is 23.8 Å². The Bertz CT molecular complexity index is 1390. The third-order valence-electron chi connectivity index (χ3n) is 8.82. The van der Waals surface area contributed by atoms with Crippen LogP contribution in [0.1, 0.15) is 77.6 Å². The number of rotatable bonds is 8. The maximum absolute atomic E-state index is 14.2. The van der Waals surface area contributed by atoms with Crippen molar-refractivity contribution in [3.63, 3.8) is 0 Å². The second-order valence-electron chi connectivity index (χ2n) is 11.6. The number of benzene rings is 2. The van der Waals surface area contributed by atoms with Gasteiger partial charge in [-0.2, -0.15) is 18.4 Å². The van der Waals surface area contributed by atoms with Gasteiger partial charge in [0, 0.05) is 42.2 Å². The number of amidine groups is 1. The van der Waals surface area contributed by atoms with E-state index in [1.807, 2.05) is 6.07 Å². The molecule has 10 heteroatoms. The average molecular weight is 551 g/mol. The fourth-order valence-electron chi connectivity index (χ4n) is 6.10. The largest absolute Gasteiger partial charge is 0.416 e. The summed E-state index contributed by atoms with van der Waals surface area (Å²) in [6.07, 6.45) is 0.732. The Morgan fingerprint density at radius 1 is 1.30 bits per heavy atom. The van der Waals surface area contributed by atoms with E-state index >= 15 is 0 Å². The van der Waals surface area contributed by atoms with E-state index in [9.17, 15) is 23.2 Å². The predicted octanol–water partition coefficient (Wildman–Crippen LogP) is 6.05. The molecule has 0 aromatic heterocycles. The van der Waals surface area contributed by atoms with E-state index in [1.165, 1.54) is 9.80 Å². The summed E-state index contributed by atoms with van der Waals surface area (Å²) in [7, 11) is 1.61. The van der Waals surface area contributed by atoms with Crippen LogP contribution in [0.4, 0.5) is 18.9 Å². The van der Waals surface area contributed by atoms with Crippen molar-refractivity contribution in [1.82, 2.24) is 10.2 Å². The summed E-state index contributed by atoms with van der Waals surface area (Å²) in [4.78, 5) is 16.3. The molecule has 7 nitrogen and oxygen atoms in total. The molecule has 2 aromatic rings. The lowest BCUT2D eigenvalue weighted by Crippen LogP contribution is -2.47. The normalized spacial score (nSPS) is 22.0. The predicted molar refractivity (Wildman–Crippen MR) is 146 cm³/mol. The number of carbonyl (C=O) groups is 1. The van der Waals surface area contributed by atoms with Gasteiger partial charge >= 0.3 is 6.18 Å². The van der Waals surface area contributed by atoms with E-state index in [0.29, 0.717) is 24.1 Å². The van der Waals surface area contributed by atoms with Crippen molar-refractivity contribution in [3.05, 3.63) is 64.2 Å². The third kappa shape index (κ3) is 5.10. The first-order valence-electron chi connectivity index (χ1n) is 13.6. The monoisotopic (exact) mass is 550 g/mol. The molecule has 1 heterocycles. The van der Waals surface area contributed by atoms with Gasteiger partial charge < -0.3 is 15.1 Å². The molecule has 40 heavy (non-hydrogen) atoms. The second-order valence-corrected chi connectivity index (χ2v) is 11.6. The minimum absolute atomic E-state index is 0.0192. The van der Waals surface area contributed by atoms with E-state index in [0.717, 1.165) is 37.2 Å². The number of carbonyl (C=O) groups excluding carboxylic acids is 1. The number of nitrogens with zero attached hydrogens (tertiary/aromatic N) is 3. The molecular weight excluding hydrogens is 517 g/mol. The molecule has 1 amide bonds. The summed E-state index contributed by atoms with van der Waals surface area (Å²) < 4.78 is 42.5. The number of amides is 1. The zero-order chi connectivity index (χ0) is 28.8. The van der Waals surface area contributed by atoms with Gasteiger partial charge in [-0.1, -0.05) is 12.1 Å². The molecule has 2 fully saturated rings. The molecule has 1 aliphatic heterocycles. The standard InChI is InChI=1S/C30H33F3N6O/c1-29(7-4-8-29)37-15-19-11-23-24(25(12-19)30(31,32)33)16-39(28(23)40)22-6-3-5-20(13-22)26(27(36)38(2)17-35)21-9-18(10-21)14-34/h3,5-6,11-13,17-18,21,26,35-37H,4,7-10,15-16H2,1-2H3. The number of fused-ring (bicyclic) bond motifs is 1. The zero-order valence-electron chi connectivity index (χ0n) is 22.6. The summed E-state index contributed by atoms with van der Waals surface area (Å²) in [6, 6.07) is 12.0. The molecule has 0 saturated heterocycles. The van der Waals surface area contributed by atoms with Gasteiger partial charge in [0.05, 0.1) is 24.5 Å². The maximum Gasteiger partial charge on any atom is 0.416 e. The molecular formula is C30H33F3N6O. The van der Waals surface area contributed by atoms with Gasteiger partial charge in [-0.3, -0.25) is 15.6 Å². The van der Waals surface area contributed by atoms with Crippen LogP contribution in [-0.4, -0.2) is 35.6 Å². The van der Waals surface area contributed by atoms with Crippen LogP contribution >= 0.6 is 0 Å². The van der Waals surface area contributed by atoms with Gasteiger partial charge in [0.15, 0.2) is 0 Å². The summed E-state index contributed by atoms with van der Waals surface area (Å²) in [5.41, 5.74) is 0.804. The third-order valence-corrected chi connectivity index (χ3v) is 8.82. The van der Waals surface area contributed by atoms with Crippen molar-refractivity contribution in [2.75, 3.05) is 11.9 Å². The van der Waals surface area contributed by atoms with E-state index < -0.39 is 23.6 Å². The molecule has 1 unspecified atom stereocenters. The minimum Gasteiger partial charge on any atom is -0.324 e. The molecule has 3 N–H and O–H groups in total. The Morgan fingerprint density at radius 2 is 2.02 bits per heavy atom. The Labute approximate surface area is 232 Å². The number of nitrogens with one attached hydrogen (secondary N) is 3. The van der Waals surface area contributed by atoms with E-state index in [2.05, 4.69) is 18.3 Å². The number of halogens is 3. The van der Waals surface area contributed by atoms with Crippen LogP contribution in [0.15, 0.2) is 36.4 Å². The number of anilines is 1. The van der Waals surface area contributed by atoms with Crippen LogP contribution in [-0.2, 0) is 19.3 Å². The molecule has 5 rings (SSSR count). The van der Waals surface area contributed by atoms with Gasteiger partial charge in [0.25, 0.3) is 5.91 Å². The Kier molecular flexibility index (Phi) is 7.21. The highest BCUT2D eigenvalue weighted by Gasteiger charge is 2.42. The molecule has 2 aliphatic carbocycles. The smallest absolute Gasteiger partial charge is 0.324 e. The number of likely N-dealkylation sites (N-methyl/N-ethyl adjacent to an activating group) is 1. The number of nitriles is 1. The highest BCUT2D eigenvalue weighted by atomic mass is 19.4. The highest BCUT2D eigenvalue weighted by molar-refractivity contribution is 6.10. The number of alkyl halides is 3. The van der Waals surface area contributed by atoms with Gasteiger partial charge in [-0.15, -0.1) is 0 Å². The molecule has 2 saturated carbocycles. The lowest BCUT2D eigenvalue weighted by Gasteiger charge is -2.39. The van der Waals surface area contributed by atoms with Gasteiger partial charge in [0.1, 0.15) is 5.84 Å². The summed E-state index contributed by atoms with van der Waals surface area (Å²) in [5.74, 6) is -0.759. The van der Waals surface area contributed by atoms with Gasteiger partial charge in [-0.25, -0.2) is 0 Å². The molecule has 3 aliphatic rings. The number of hydrogen-bond donors (Lipinski definition) is 3. The van der Waals surface area contributed by atoms with Crippen LogP contribution in [0.2, 0.25) is 0 Å². The van der Waals surface area contributed by atoms with Crippen LogP contribution < -0.4 is 10.2 Å². The summed E-state index contributed by atoms with van der Waals surface area (Å²) in [6.45, 7) is 2.12. The van der Waals surface area contributed by atoms with Crippen LogP contribution in [0.5, 0.6) is 0 Å². The molecule has 0 bridgehead atoms. The molecule has 0 spiro atoms. The topological polar surface area (TPSA) is 107 Å². The first-order valence-corrected chi connectivity index (χ1v) is 13.6. The highest BCUT2D eigenvalue weighted by Crippen LogP contribution is 2.45. The van der Waals surface area contributed by atoms with Crippen LogP contribution in [0.3, 0.4) is 0 Å². The fraction of sp³-hybridized carbons (Fsp3) is 0.467. The number of hydrogen-bond acceptors (Lipinski definition) is 5. The molecule has 2 aromatic carbocycles. The first-order chi connectivity index (χ1) is 18.9. The lowest BCUT2D eigenvalue weighted by molar-refractivity contribution is -0.138. The lowest BCUT2D eigenvalue weighted by atomic mass is 9.66.